The van der Waals surface area contributed by atoms with Crippen LogP contribution in [-0.4, -0.2) is 51.9 Å². The highest BCUT2D eigenvalue weighted by Gasteiger charge is 2.33. The highest BCUT2D eigenvalue weighted by Crippen LogP contribution is 2.29. The third-order valence-corrected chi connectivity index (χ3v) is 5.57. The number of para-hydroxylation sites is 2. The minimum atomic E-state index is -0.285. The van der Waals surface area contributed by atoms with E-state index in [4.69, 9.17) is 0 Å². The Balaban J connectivity index is 1.68. The summed E-state index contributed by atoms with van der Waals surface area (Å²) in [6, 6.07) is 18.2. The molecule has 5 heteroatoms. The van der Waals surface area contributed by atoms with Crippen molar-refractivity contribution in [3.63, 3.8) is 0 Å². The number of hydrogen-bond acceptors (Lipinski definition) is 3. The summed E-state index contributed by atoms with van der Waals surface area (Å²) >= 11 is 0. The third kappa shape index (κ3) is 3.23. The Bertz CT molecular complexity index is 949. The van der Waals surface area contributed by atoms with Gasteiger partial charge < -0.3 is 14.4 Å². The zero-order valence-electron chi connectivity index (χ0n) is 16.2. The summed E-state index contributed by atoms with van der Waals surface area (Å²) < 4.78 is 2.07. The minimum Gasteiger partial charge on any atom is -0.331 e. The Morgan fingerprint density at radius 2 is 1.78 bits per heavy atom. The van der Waals surface area contributed by atoms with Crippen LogP contribution in [0.2, 0.25) is 0 Å². The minimum absolute atomic E-state index is 0.0787. The average Bonchev–Trinajstić information content (AvgIpc) is 3.03. The lowest BCUT2D eigenvalue weighted by atomic mass is 10.0. The number of aryl methyl sites for hydroxylation is 1. The van der Waals surface area contributed by atoms with Crippen LogP contribution in [-0.2, 0) is 4.79 Å². The number of amides is 1. The van der Waals surface area contributed by atoms with E-state index < -0.39 is 0 Å². The smallest absolute Gasteiger partial charge is 0.246 e. The second kappa shape index (κ2) is 7.16. The van der Waals surface area contributed by atoms with Gasteiger partial charge in [0.25, 0.3) is 0 Å². The topological polar surface area (TPSA) is 41.4 Å². The normalized spacial score (nSPS) is 19.4. The van der Waals surface area contributed by atoms with Gasteiger partial charge in [-0.2, -0.15) is 0 Å². The number of piperazine rings is 1. The van der Waals surface area contributed by atoms with Gasteiger partial charge >= 0.3 is 0 Å². The average molecular weight is 362 g/mol. The molecule has 1 fully saturated rings. The maximum Gasteiger partial charge on any atom is 0.246 e. The lowest BCUT2D eigenvalue weighted by Gasteiger charge is -2.41. The number of fused-ring (bicyclic) bond motifs is 1. The van der Waals surface area contributed by atoms with E-state index in [1.165, 1.54) is 5.56 Å². The molecule has 0 unspecified atom stereocenters. The number of benzene rings is 2. The van der Waals surface area contributed by atoms with E-state index in [1.54, 1.807) is 0 Å². The van der Waals surface area contributed by atoms with Crippen LogP contribution < -0.4 is 0 Å². The molecule has 0 aliphatic carbocycles. The first-order valence-electron chi connectivity index (χ1n) is 9.54. The number of hydrogen-bond donors (Lipinski definition) is 0. The number of likely N-dealkylation sites (N-methyl/N-ethyl adjacent to an activating group) is 1. The molecule has 5 nitrogen and oxygen atoms in total. The van der Waals surface area contributed by atoms with Gasteiger partial charge in [-0.3, -0.25) is 4.79 Å². The Labute approximate surface area is 160 Å². The highest BCUT2D eigenvalue weighted by atomic mass is 16.2. The molecule has 1 amide bonds. The summed E-state index contributed by atoms with van der Waals surface area (Å²) in [7, 11) is 2.12. The first-order chi connectivity index (χ1) is 13.1. The molecule has 0 radical (unpaired) electrons. The van der Waals surface area contributed by atoms with E-state index in [9.17, 15) is 4.79 Å². The van der Waals surface area contributed by atoms with Gasteiger partial charge in [-0.15, -0.1) is 0 Å². The molecule has 3 aromatic rings. The molecule has 4 rings (SSSR count). The lowest BCUT2D eigenvalue weighted by molar-refractivity contribution is -0.139. The lowest BCUT2D eigenvalue weighted by Crippen LogP contribution is -2.51. The molecule has 2 atom stereocenters. The van der Waals surface area contributed by atoms with E-state index in [2.05, 4.69) is 33.6 Å². The van der Waals surface area contributed by atoms with Gasteiger partial charge in [-0.1, -0.05) is 42.5 Å². The van der Waals surface area contributed by atoms with Crippen molar-refractivity contribution in [1.82, 2.24) is 19.4 Å². The molecular weight excluding hydrogens is 336 g/mol. The van der Waals surface area contributed by atoms with Crippen LogP contribution in [0.5, 0.6) is 0 Å². The Hall–Kier alpha value is -2.66. The number of carbonyl (C=O) groups is 1. The fourth-order valence-electron chi connectivity index (χ4n) is 4.15. The van der Waals surface area contributed by atoms with Gasteiger partial charge in [0.05, 0.1) is 17.1 Å². The monoisotopic (exact) mass is 362 g/mol. The van der Waals surface area contributed by atoms with E-state index in [-0.39, 0.29) is 18.0 Å². The molecular formula is C22H26N4O. The standard InChI is InChI=1S/C22H26N4O/c1-16(26-17(2)23-19-11-7-8-12-20(19)26)22(27)25-14-13-24(3)15-21(25)18-9-5-4-6-10-18/h4-12,16,21H,13-15H2,1-3H3/t16-,21+/m0/s1. The van der Waals surface area contributed by atoms with Gasteiger partial charge in [-0.05, 0) is 38.6 Å². The predicted octanol–water partition coefficient (Wildman–Crippen LogP) is 3.42. The van der Waals surface area contributed by atoms with Crippen molar-refractivity contribution in [1.29, 1.82) is 0 Å². The molecule has 2 aromatic carbocycles. The maximum atomic E-state index is 13.5. The van der Waals surface area contributed by atoms with Crippen LogP contribution in [0.3, 0.4) is 0 Å². The molecule has 27 heavy (non-hydrogen) atoms. The summed E-state index contributed by atoms with van der Waals surface area (Å²) in [6.45, 7) is 6.45. The molecule has 1 aliphatic heterocycles. The zero-order chi connectivity index (χ0) is 19.0. The molecule has 0 saturated carbocycles. The van der Waals surface area contributed by atoms with E-state index in [1.807, 2.05) is 61.2 Å². The molecule has 0 N–H and O–H groups in total. The number of aromatic nitrogens is 2. The number of rotatable bonds is 3. The molecule has 2 heterocycles. The van der Waals surface area contributed by atoms with Crippen molar-refractivity contribution in [3.8, 4) is 0 Å². The largest absolute Gasteiger partial charge is 0.331 e. The summed E-state index contributed by atoms with van der Waals surface area (Å²) in [4.78, 5) is 22.5. The molecule has 140 valence electrons. The van der Waals surface area contributed by atoms with E-state index in [0.717, 1.165) is 36.5 Å². The number of imidazole rings is 1. The van der Waals surface area contributed by atoms with Gasteiger partial charge in [0, 0.05) is 19.6 Å². The van der Waals surface area contributed by atoms with Crippen molar-refractivity contribution in [2.45, 2.75) is 25.9 Å². The maximum absolute atomic E-state index is 13.5. The Morgan fingerprint density at radius 3 is 2.56 bits per heavy atom. The fourth-order valence-corrected chi connectivity index (χ4v) is 4.15. The quantitative estimate of drug-likeness (QED) is 0.717. The van der Waals surface area contributed by atoms with Crippen LogP contribution >= 0.6 is 0 Å². The SMILES string of the molecule is Cc1nc2ccccc2n1[C@@H](C)C(=O)N1CCN(C)C[C@@H]1c1ccccc1. The Kier molecular flexibility index (Phi) is 4.70. The van der Waals surface area contributed by atoms with Gasteiger partial charge in [-0.25, -0.2) is 4.98 Å². The number of carbonyl (C=O) groups excluding carboxylic acids is 1. The van der Waals surface area contributed by atoms with E-state index in [0.29, 0.717) is 0 Å². The highest BCUT2D eigenvalue weighted by molar-refractivity contribution is 5.84. The second-order valence-corrected chi connectivity index (χ2v) is 7.41. The van der Waals surface area contributed by atoms with Crippen LogP contribution in [0.1, 0.15) is 30.4 Å². The molecule has 1 aliphatic rings. The van der Waals surface area contributed by atoms with Gasteiger partial charge in [0.2, 0.25) is 5.91 Å². The first-order valence-corrected chi connectivity index (χ1v) is 9.54. The van der Waals surface area contributed by atoms with E-state index >= 15 is 0 Å². The number of nitrogens with zero attached hydrogens (tertiary/aromatic N) is 4. The van der Waals surface area contributed by atoms with Crippen LogP contribution in [0, 0.1) is 6.92 Å². The zero-order valence-corrected chi connectivity index (χ0v) is 16.2. The summed E-state index contributed by atoms with van der Waals surface area (Å²) in [6.07, 6.45) is 0. The van der Waals surface area contributed by atoms with Crippen LogP contribution in [0.15, 0.2) is 54.6 Å². The van der Waals surface area contributed by atoms with Crippen LogP contribution in [0.25, 0.3) is 11.0 Å². The first kappa shape index (κ1) is 17.7. The van der Waals surface area contributed by atoms with Crippen molar-refractivity contribution >= 4 is 16.9 Å². The van der Waals surface area contributed by atoms with Gasteiger partial charge in [0.15, 0.2) is 0 Å². The van der Waals surface area contributed by atoms with Crippen molar-refractivity contribution in [2.24, 2.45) is 0 Å². The summed E-state index contributed by atoms with van der Waals surface area (Å²) in [5, 5.41) is 0. The molecule has 1 aromatic heterocycles. The van der Waals surface area contributed by atoms with Crippen molar-refractivity contribution in [2.75, 3.05) is 26.7 Å². The fraction of sp³-hybridized carbons (Fsp3) is 0.364. The molecule has 0 spiro atoms. The second-order valence-electron chi connectivity index (χ2n) is 7.41. The molecule has 1 saturated heterocycles. The van der Waals surface area contributed by atoms with Crippen molar-refractivity contribution in [3.05, 3.63) is 66.0 Å². The van der Waals surface area contributed by atoms with Crippen molar-refractivity contribution < 1.29 is 4.79 Å². The third-order valence-electron chi connectivity index (χ3n) is 5.57. The molecule has 0 bridgehead atoms. The van der Waals surface area contributed by atoms with Crippen LogP contribution in [0.4, 0.5) is 0 Å². The summed E-state index contributed by atoms with van der Waals surface area (Å²) in [5.41, 5.74) is 3.14. The Morgan fingerprint density at radius 1 is 1.07 bits per heavy atom. The van der Waals surface area contributed by atoms with Gasteiger partial charge in [0.1, 0.15) is 11.9 Å². The predicted molar refractivity (Wildman–Crippen MR) is 108 cm³/mol. The summed E-state index contributed by atoms with van der Waals surface area (Å²) in [5.74, 6) is 1.03.